The maximum atomic E-state index is 12.2. The Morgan fingerprint density at radius 3 is 2.96 bits per heavy atom. The quantitative estimate of drug-likeness (QED) is 0.724. The van der Waals surface area contributed by atoms with Crippen molar-refractivity contribution in [3.63, 3.8) is 0 Å². The van der Waals surface area contributed by atoms with E-state index in [2.05, 4.69) is 20.4 Å². The summed E-state index contributed by atoms with van der Waals surface area (Å²) in [6.45, 7) is 1.43. The Kier molecular flexibility index (Phi) is 4.80. The first-order chi connectivity index (χ1) is 12.0. The van der Waals surface area contributed by atoms with Crippen molar-refractivity contribution in [2.75, 3.05) is 11.9 Å². The van der Waals surface area contributed by atoms with Crippen LogP contribution in [0.1, 0.15) is 5.69 Å². The zero-order valence-corrected chi connectivity index (χ0v) is 13.9. The van der Waals surface area contributed by atoms with E-state index in [0.29, 0.717) is 22.1 Å². The van der Waals surface area contributed by atoms with Gasteiger partial charge in [-0.25, -0.2) is 9.67 Å². The van der Waals surface area contributed by atoms with E-state index >= 15 is 0 Å². The third-order valence-corrected chi connectivity index (χ3v) is 3.51. The second-order valence-corrected chi connectivity index (χ2v) is 5.62. The van der Waals surface area contributed by atoms with Crippen molar-refractivity contribution < 1.29 is 9.53 Å². The number of anilines is 1. The standard InChI is InChI=1S/C16H14ClN5O3/c1-10-4-14(23)15(6-19-10)25-7-16(24)21-12-5-11(17)2-3-13(12)22-9-18-8-20-22/h2-6,8-9H,7H2,1H3,(H,19,23)(H,21,24). The molecule has 0 aliphatic rings. The van der Waals surface area contributed by atoms with Crippen LogP contribution in [0.4, 0.5) is 5.69 Å². The number of hydrogen-bond acceptors (Lipinski definition) is 5. The van der Waals surface area contributed by atoms with Gasteiger partial charge in [0.25, 0.3) is 5.91 Å². The van der Waals surface area contributed by atoms with Gasteiger partial charge in [0.1, 0.15) is 12.7 Å². The number of nitrogens with zero attached hydrogens (tertiary/aromatic N) is 3. The molecule has 3 aromatic rings. The number of benzene rings is 1. The number of halogens is 1. The second kappa shape index (κ2) is 7.18. The molecule has 8 nitrogen and oxygen atoms in total. The molecule has 0 unspecified atom stereocenters. The smallest absolute Gasteiger partial charge is 0.262 e. The monoisotopic (exact) mass is 359 g/mol. The number of pyridine rings is 1. The van der Waals surface area contributed by atoms with Crippen LogP contribution in [-0.4, -0.2) is 32.3 Å². The van der Waals surface area contributed by atoms with E-state index in [9.17, 15) is 9.59 Å². The number of nitrogens with one attached hydrogen (secondary N) is 2. The summed E-state index contributed by atoms with van der Waals surface area (Å²) in [6, 6.07) is 6.37. The molecule has 1 amide bonds. The van der Waals surface area contributed by atoms with Gasteiger partial charge in [-0.2, -0.15) is 5.10 Å². The van der Waals surface area contributed by atoms with Gasteiger partial charge in [0.05, 0.1) is 11.4 Å². The number of aromatic amines is 1. The van der Waals surface area contributed by atoms with Crippen LogP contribution in [0.2, 0.25) is 5.02 Å². The fraction of sp³-hybridized carbons (Fsp3) is 0.125. The number of hydrogen-bond donors (Lipinski definition) is 2. The van der Waals surface area contributed by atoms with Crippen LogP contribution < -0.4 is 15.5 Å². The lowest BCUT2D eigenvalue weighted by molar-refractivity contribution is -0.118. The van der Waals surface area contributed by atoms with Gasteiger partial charge in [-0.1, -0.05) is 11.6 Å². The Bertz CT molecular complexity index is 953. The number of H-pyrrole nitrogens is 1. The molecule has 2 aromatic heterocycles. The molecular formula is C16H14ClN5O3. The maximum Gasteiger partial charge on any atom is 0.262 e. The third kappa shape index (κ3) is 4.04. The minimum atomic E-state index is -0.441. The first-order valence-electron chi connectivity index (χ1n) is 7.29. The molecule has 1 aromatic carbocycles. The summed E-state index contributed by atoms with van der Waals surface area (Å²) in [5, 5.41) is 7.18. The van der Waals surface area contributed by atoms with Crippen molar-refractivity contribution in [3.05, 3.63) is 64.1 Å². The first kappa shape index (κ1) is 16.7. The van der Waals surface area contributed by atoms with Crippen LogP contribution in [0.15, 0.2) is 47.9 Å². The van der Waals surface area contributed by atoms with Crippen LogP contribution in [0, 0.1) is 6.92 Å². The number of aromatic nitrogens is 4. The van der Waals surface area contributed by atoms with Crippen LogP contribution in [-0.2, 0) is 4.79 Å². The lowest BCUT2D eigenvalue weighted by atomic mass is 10.2. The molecule has 25 heavy (non-hydrogen) atoms. The molecule has 2 heterocycles. The van der Waals surface area contributed by atoms with Crippen molar-refractivity contribution in [1.29, 1.82) is 0 Å². The second-order valence-electron chi connectivity index (χ2n) is 5.18. The number of amides is 1. The number of ether oxygens (including phenoxy) is 1. The zero-order chi connectivity index (χ0) is 17.8. The van der Waals surface area contributed by atoms with Crippen molar-refractivity contribution in [2.24, 2.45) is 0 Å². The van der Waals surface area contributed by atoms with Gasteiger partial charge in [0, 0.05) is 23.0 Å². The molecule has 0 fully saturated rings. The lowest BCUT2D eigenvalue weighted by Crippen LogP contribution is -2.23. The molecule has 0 saturated carbocycles. The summed E-state index contributed by atoms with van der Waals surface area (Å²) in [5.74, 6) is -0.369. The first-order valence-corrected chi connectivity index (χ1v) is 7.67. The summed E-state index contributed by atoms with van der Waals surface area (Å²) in [4.78, 5) is 30.6. The minimum Gasteiger partial charge on any atom is -0.478 e. The number of carbonyl (C=O) groups excluding carboxylic acids is 1. The number of rotatable bonds is 5. The molecule has 0 aliphatic carbocycles. The van der Waals surface area contributed by atoms with E-state index in [1.165, 1.54) is 29.6 Å². The SMILES string of the molecule is Cc1cc(=O)c(OCC(=O)Nc2cc(Cl)ccc2-n2cncn2)c[nH]1. The highest BCUT2D eigenvalue weighted by Gasteiger charge is 2.11. The Hall–Kier alpha value is -3.13. The number of carbonyl (C=O) groups is 1. The van der Waals surface area contributed by atoms with Crippen LogP contribution in [0.5, 0.6) is 5.75 Å². The van der Waals surface area contributed by atoms with Crippen LogP contribution in [0.3, 0.4) is 0 Å². The average Bonchev–Trinajstić information content (AvgIpc) is 3.08. The summed E-state index contributed by atoms with van der Waals surface area (Å²) >= 11 is 6.00. The van der Waals surface area contributed by atoms with Gasteiger partial charge in [-0.15, -0.1) is 0 Å². The molecule has 3 rings (SSSR count). The maximum absolute atomic E-state index is 12.2. The van der Waals surface area contributed by atoms with E-state index in [1.54, 1.807) is 25.1 Å². The molecule has 9 heteroatoms. The normalized spacial score (nSPS) is 10.5. The summed E-state index contributed by atoms with van der Waals surface area (Å²) in [7, 11) is 0. The fourth-order valence-electron chi connectivity index (χ4n) is 2.14. The Morgan fingerprint density at radius 2 is 2.24 bits per heavy atom. The van der Waals surface area contributed by atoms with Gasteiger partial charge >= 0.3 is 0 Å². The van der Waals surface area contributed by atoms with Crippen LogP contribution in [0.25, 0.3) is 5.69 Å². The fourth-order valence-corrected chi connectivity index (χ4v) is 2.32. The lowest BCUT2D eigenvalue weighted by Gasteiger charge is -2.12. The highest BCUT2D eigenvalue weighted by molar-refractivity contribution is 6.31. The molecule has 0 aliphatic heterocycles. The third-order valence-electron chi connectivity index (χ3n) is 3.28. The van der Waals surface area contributed by atoms with Crippen molar-refractivity contribution >= 4 is 23.2 Å². The van der Waals surface area contributed by atoms with E-state index in [1.807, 2.05) is 0 Å². The van der Waals surface area contributed by atoms with Gasteiger partial charge < -0.3 is 15.0 Å². The van der Waals surface area contributed by atoms with Crippen molar-refractivity contribution in [2.45, 2.75) is 6.92 Å². The van der Waals surface area contributed by atoms with E-state index < -0.39 is 5.91 Å². The highest BCUT2D eigenvalue weighted by Crippen LogP contribution is 2.23. The molecule has 2 N–H and O–H groups in total. The zero-order valence-electron chi connectivity index (χ0n) is 13.2. The summed E-state index contributed by atoms with van der Waals surface area (Å²) in [6.07, 6.45) is 4.30. The van der Waals surface area contributed by atoms with E-state index in [0.717, 1.165) is 0 Å². The van der Waals surface area contributed by atoms with Gasteiger partial charge in [0.2, 0.25) is 5.43 Å². The van der Waals surface area contributed by atoms with Gasteiger partial charge in [-0.05, 0) is 25.1 Å². The van der Waals surface area contributed by atoms with Crippen molar-refractivity contribution in [3.8, 4) is 11.4 Å². The Morgan fingerprint density at radius 1 is 1.40 bits per heavy atom. The number of aryl methyl sites for hydroxylation is 1. The Labute approximate surface area is 147 Å². The predicted octanol–water partition coefficient (Wildman–Crippen LogP) is 1.93. The largest absolute Gasteiger partial charge is 0.478 e. The summed E-state index contributed by atoms with van der Waals surface area (Å²) in [5.41, 5.74) is 1.46. The molecule has 0 radical (unpaired) electrons. The molecular weight excluding hydrogens is 346 g/mol. The summed E-state index contributed by atoms with van der Waals surface area (Å²) < 4.78 is 6.76. The molecule has 0 saturated heterocycles. The topological polar surface area (TPSA) is 102 Å². The van der Waals surface area contributed by atoms with Crippen LogP contribution >= 0.6 is 11.6 Å². The van der Waals surface area contributed by atoms with Gasteiger partial charge in [-0.3, -0.25) is 9.59 Å². The molecule has 0 atom stereocenters. The molecule has 0 spiro atoms. The molecule has 0 bridgehead atoms. The minimum absolute atomic E-state index is 0.0725. The van der Waals surface area contributed by atoms with E-state index in [-0.39, 0.29) is 17.8 Å². The van der Waals surface area contributed by atoms with E-state index in [4.69, 9.17) is 16.3 Å². The van der Waals surface area contributed by atoms with Gasteiger partial charge in [0.15, 0.2) is 12.4 Å². The Balaban J connectivity index is 1.73. The van der Waals surface area contributed by atoms with Crippen molar-refractivity contribution in [1.82, 2.24) is 19.7 Å². The molecule has 128 valence electrons. The predicted molar refractivity (Wildman–Crippen MR) is 92.3 cm³/mol. The highest BCUT2D eigenvalue weighted by atomic mass is 35.5. The average molecular weight is 360 g/mol.